The molecule has 0 saturated carbocycles. The molecule has 1 fully saturated rings. The standard InChI is InChI=1S/C13H16N2O3S/c1-7-5-9(8(2)19-7)10(16)6-15-11(17)13(3,4)14-12(15)18/h5H,6H2,1-4H3,(H,14,18). The van der Waals surface area contributed by atoms with Crippen LogP contribution in [0.25, 0.3) is 0 Å². The minimum absolute atomic E-state index is 0.203. The molecule has 1 saturated heterocycles. The number of ketones is 1. The predicted octanol–water partition coefficient (Wildman–Crippen LogP) is 1.88. The van der Waals surface area contributed by atoms with Crippen LogP contribution < -0.4 is 5.32 Å². The number of hydrogen-bond donors (Lipinski definition) is 1. The normalized spacial score (nSPS) is 17.8. The summed E-state index contributed by atoms with van der Waals surface area (Å²) in [5.41, 5.74) is -0.343. The first kappa shape index (κ1) is 13.7. The van der Waals surface area contributed by atoms with Crippen LogP contribution >= 0.6 is 11.3 Å². The molecule has 2 heterocycles. The molecule has 0 spiro atoms. The monoisotopic (exact) mass is 280 g/mol. The lowest BCUT2D eigenvalue weighted by atomic mass is 10.1. The van der Waals surface area contributed by atoms with Crippen LogP contribution in [0.3, 0.4) is 0 Å². The third-order valence-electron chi connectivity index (χ3n) is 3.09. The van der Waals surface area contributed by atoms with Crippen molar-refractivity contribution in [2.24, 2.45) is 0 Å². The summed E-state index contributed by atoms with van der Waals surface area (Å²) in [5.74, 6) is -0.571. The fourth-order valence-corrected chi connectivity index (χ4v) is 3.04. The summed E-state index contributed by atoms with van der Waals surface area (Å²) >= 11 is 1.53. The Morgan fingerprint density at radius 1 is 1.37 bits per heavy atom. The highest BCUT2D eigenvalue weighted by molar-refractivity contribution is 7.12. The Hall–Kier alpha value is -1.69. The van der Waals surface area contributed by atoms with Crippen LogP contribution in [-0.4, -0.2) is 34.7 Å². The smallest absolute Gasteiger partial charge is 0.324 e. The third kappa shape index (κ3) is 2.40. The van der Waals surface area contributed by atoms with Crippen molar-refractivity contribution in [3.63, 3.8) is 0 Å². The third-order valence-corrected chi connectivity index (χ3v) is 4.05. The number of urea groups is 1. The van der Waals surface area contributed by atoms with Gasteiger partial charge in [0.15, 0.2) is 5.78 Å². The zero-order valence-electron chi connectivity index (χ0n) is 11.4. The van der Waals surface area contributed by atoms with Crippen LogP contribution in [0.1, 0.15) is 34.0 Å². The fraction of sp³-hybridized carbons (Fsp3) is 0.462. The molecule has 3 amide bonds. The molecule has 1 aromatic heterocycles. The van der Waals surface area contributed by atoms with E-state index in [-0.39, 0.29) is 18.2 Å². The molecule has 0 aromatic carbocycles. The molecule has 0 unspecified atom stereocenters. The fourth-order valence-electron chi connectivity index (χ4n) is 2.10. The summed E-state index contributed by atoms with van der Waals surface area (Å²) in [6.45, 7) is 6.83. The Labute approximate surface area is 115 Å². The number of rotatable bonds is 3. The van der Waals surface area contributed by atoms with E-state index in [1.807, 2.05) is 13.8 Å². The SMILES string of the molecule is Cc1cc(C(=O)CN2C(=O)NC(C)(C)C2=O)c(C)s1. The molecule has 1 N–H and O–H groups in total. The Balaban J connectivity index is 2.18. The van der Waals surface area contributed by atoms with Crippen molar-refractivity contribution in [1.29, 1.82) is 0 Å². The van der Waals surface area contributed by atoms with Gasteiger partial charge in [0.2, 0.25) is 0 Å². The topological polar surface area (TPSA) is 66.5 Å². The number of amides is 3. The molecule has 1 aliphatic heterocycles. The lowest BCUT2D eigenvalue weighted by Crippen LogP contribution is -2.41. The van der Waals surface area contributed by atoms with Gasteiger partial charge in [-0.1, -0.05) is 0 Å². The van der Waals surface area contributed by atoms with E-state index in [0.717, 1.165) is 14.7 Å². The lowest BCUT2D eigenvalue weighted by molar-refractivity contribution is -0.129. The van der Waals surface area contributed by atoms with Gasteiger partial charge in [0, 0.05) is 15.3 Å². The molecule has 0 atom stereocenters. The first-order chi connectivity index (χ1) is 8.72. The quantitative estimate of drug-likeness (QED) is 0.679. The molecule has 2 rings (SSSR count). The highest BCUT2D eigenvalue weighted by Crippen LogP contribution is 2.23. The summed E-state index contributed by atoms with van der Waals surface area (Å²) < 4.78 is 0. The van der Waals surface area contributed by atoms with E-state index in [1.54, 1.807) is 19.9 Å². The zero-order valence-corrected chi connectivity index (χ0v) is 12.2. The van der Waals surface area contributed by atoms with Crippen LogP contribution in [0.2, 0.25) is 0 Å². The van der Waals surface area contributed by atoms with Crippen LogP contribution in [-0.2, 0) is 4.79 Å². The van der Waals surface area contributed by atoms with Gasteiger partial charge in [0.25, 0.3) is 5.91 Å². The van der Waals surface area contributed by atoms with E-state index in [0.29, 0.717) is 5.56 Å². The van der Waals surface area contributed by atoms with Crippen molar-refractivity contribution < 1.29 is 14.4 Å². The lowest BCUT2D eigenvalue weighted by Gasteiger charge is -2.15. The van der Waals surface area contributed by atoms with Gasteiger partial charge in [0.05, 0.1) is 6.54 Å². The largest absolute Gasteiger partial charge is 0.325 e. The average Bonchev–Trinajstić information content (AvgIpc) is 2.71. The second kappa shape index (κ2) is 4.45. The Bertz CT molecular complexity index is 574. The summed E-state index contributed by atoms with van der Waals surface area (Å²) in [5, 5.41) is 2.56. The van der Waals surface area contributed by atoms with Crippen molar-refractivity contribution in [3.8, 4) is 0 Å². The number of thiophene rings is 1. The van der Waals surface area contributed by atoms with Crippen LogP contribution in [0.4, 0.5) is 4.79 Å². The molecule has 0 bridgehead atoms. The van der Waals surface area contributed by atoms with E-state index in [1.165, 1.54) is 11.3 Å². The van der Waals surface area contributed by atoms with Gasteiger partial charge in [-0.3, -0.25) is 14.5 Å². The molecule has 1 aromatic rings. The van der Waals surface area contributed by atoms with E-state index < -0.39 is 11.6 Å². The van der Waals surface area contributed by atoms with Crippen molar-refractivity contribution >= 4 is 29.1 Å². The van der Waals surface area contributed by atoms with Crippen LogP contribution in [0, 0.1) is 13.8 Å². The predicted molar refractivity (Wildman–Crippen MR) is 72.4 cm³/mol. The Morgan fingerprint density at radius 2 is 2.00 bits per heavy atom. The molecule has 19 heavy (non-hydrogen) atoms. The summed E-state index contributed by atoms with van der Waals surface area (Å²) in [6.07, 6.45) is 0. The first-order valence-corrected chi connectivity index (χ1v) is 6.78. The van der Waals surface area contributed by atoms with Gasteiger partial charge in [0.1, 0.15) is 5.54 Å². The van der Waals surface area contributed by atoms with Crippen molar-refractivity contribution in [1.82, 2.24) is 10.2 Å². The zero-order chi connectivity index (χ0) is 14.4. The molecule has 1 aliphatic rings. The minimum atomic E-state index is -0.934. The number of Topliss-reactive ketones (excluding diaryl/α,β-unsaturated/α-hetero) is 1. The van der Waals surface area contributed by atoms with Gasteiger partial charge in [-0.05, 0) is 33.8 Å². The van der Waals surface area contributed by atoms with E-state index >= 15 is 0 Å². The summed E-state index contributed by atoms with van der Waals surface area (Å²) in [4.78, 5) is 38.8. The van der Waals surface area contributed by atoms with Crippen molar-refractivity contribution in [2.75, 3.05) is 6.54 Å². The number of nitrogens with one attached hydrogen (secondary N) is 1. The van der Waals surface area contributed by atoms with Crippen molar-refractivity contribution in [3.05, 3.63) is 21.4 Å². The Kier molecular flexibility index (Phi) is 3.22. The number of hydrogen-bond acceptors (Lipinski definition) is 4. The minimum Gasteiger partial charge on any atom is -0.324 e. The van der Waals surface area contributed by atoms with Crippen LogP contribution in [0.5, 0.6) is 0 Å². The highest BCUT2D eigenvalue weighted by Gasteiger charge is 2.44. The summed E-state index contributed by atoms with van der Waals surface area (Å²) in [6, 6.07) is 1.29. The van der Waals surface area contributed by atoms with Gasteiger partial charge >= 0.3 is 6.03 Å². The maximum atomic E-state index is 12.2. The van der Waals surface area contributed by atoms with E-state index in [2.05, 4.69) is 5.32 Å². The average molecular weight is 280 g/mol. The molecular formula is C13H16N2O3S. The maximum absolute atomic E-state index is 12.2. The molecule has 0 aliphatic carbocycles. The second-order valence-corrected chi connectivity index (χ2v) is 6.66. The molecule has 0 radical (unpaired) electrons. The van der Waals surface area contributed by atoms with E-state index in [9.17, 15) is 14.4 Å². The number of carbonyl (C=O) groups is 3. The molecule has 6 heteroatoms. The van der Waals surface area contributed by atoms with Gasteiger partial charge in [-0.2, -0.15) is 0 Å². The van der Waals surface area contributed by atoms with Gasteiger partial charge in [-0.15, -0.1) is 11.3 Å². The van der Waals surface area contributed by atoms with Crippen molar-refractivity contribution in [2.45, 2.75) is 33.2 Å². The van der Waals surface area contributed by atoms with Gasteiger partial charge < -0.3 is 5.32 Å². The second-order valence-electron chi connectivity index (χ2n) is 5.20. The van der Waals surface area contributed by atoms with Gasteiger partial charge in [-0.25, -0.2) is 4.79 Å². The first-order valence-electron chi connectivity index (χ1n) is 5.96. The molecular weight excluding hydrogens is 264 g/mol. The summed E-state index contributed by atoms with van der Waals surface area (Å²) in [7, 11) is 0. The molecule has 5 nitrogen and oxygen atoms in total. The maximum Gasteiger partial charge on any atom is 0.325 e. The number of nitrogens with zero attached hydrogens (tertiary/aromatic N) is 1. The number of aryl methyl sites for hydroxylation is 2. The number of carbonyl (C=O) groups excluding carboxylic acids is 3. The molecule has 102 valence electrons. The Morgan fingerprint density at radius 3 is 2.42 bits per heavy atom. The highest BCUT2D eigenvalue weighted by atomic mass is 32.1. The van der Waals surface area contributed by atoms with E-state index in [4.69, 9.17) is 0 Å². The number of imide groups is 1. The van der Waals surface area contributed by atoms with Crippen LogP contribution in [0.15, 0.2) is 6.07 Å².